The van der Waals surface area contributed by atoms with E-state index in [0.717, 1.165) is 5.69 Å². The third-order valence-corrected chi connectivity index (χ3v) is 3.64. The van der Waals surface area contributed by atoms with E-state index in [0.29, 0.717) is 45.2 Å². The van der Waals surface area contributed by atoms with Crippen molar-refractivity contribution in [2.45, 2.75) is 38.7 Å². The van der Waals surface area contributed by atoms with E-state index < -0.39 is 12.1 Å². The number of hydrogen-bond donors (Lipinski definition) is 2. The number of pyridine rings is 1. The Hall–Kier alpha value is -1.54. The number of aliphatic carboxylic acids is 1. The Morgan fingerprint density at radius 1 is 1.16 bits per heavy atom. The fraction of sp³-hybridized carbons (Fsp3) is 0.667. The predicted molar refractivity (Wildman–Crippen MR) is 92.7 cm³/mol. The van der Waals surface area contributed by atoms with Gasteiger partial charge in [0.15, 0.2) is 6.10 Å². The van der Waals surface area contributed by atoms with Crippen molar-refractivity contribution in [2.24, 2.45) is 0 Å². The van der Waals surface area contributed by atoms with Gasteiger partial charge in [-0.25, -0.2) is 4.79 Å². The summed E-state index contributed by atoms with van der Waals surface area (Å²) < 4.78 is 16.2. The van der Waals surface area contributed by atoms with Gasteiger partial charge in [-0.15, -0.1) is 0 Å². The van der Waals surface area contributed by atoms with Gasteiger partial charge in [-0.2, -0.15) is 0 Å². The van der Waals surface area contributed by atoms with Crippen molar-refractivity contribution in [2.75, 3.05) is 39.6 Å². The second-order valence-electron chi connectivity index (χ2n) is 6.36. The van der Waals surface area contributed by atoms with Crippen molar-refractivity contribution < 1.29 is 29.2 Å². The predicted octanol–water partition coefficient (Wildman–Crippen LogP) is 1.42. The summed E-state index contributed by atoms with van der Waals surface area (Å²) in [5.41, 5.74) is 1.24. The number of carbonyl (C=O) groups is 1. The van der Waals surface area contributed by atoms with Gasteiger partial charge in [0.05, 0.1) is 33.0 Å². The molecule has 1 aromatic rings. The Morgan fingerprint density at radius 3 is 2.36 bits per heavy atom. The molecule has 0 aliphatic heterocycles. The number of aliphatic hydroxyl groups excluding tert-OH is 1. The van der Waals surface area contributed by atoms with Crippen molar-refractivity contribution in [1.82, 2.24) is 4.98 Å². The standard InChI is InChI=1S/C18H29NO6/c1-4-23-7-8-24-9-10-25-13-18(2,3)16-6-5-14(12-19-16)11-15(20)17(21)22/h5-6,12,15,20H,4,7-11,13H2,1-3H3,(H,21,22). The molecule has 0 saturated carbocycles. The number of aliphatic hydroxyl groups is 1. The molecule has 0 aromatic carbocycles. The smallest absolute Gasteiger partial charge is 0.332 e. The van der Waals surface area contributed by atoms with Crippen LogP contribution < -0.4 is 0 Å². The molecule has 142 valence electrons. The van der Waals surface area contributed by atoms with E-state index in [-0.39, 0.29) is 11.8 Å². The van der Waals surface area contributed by atoms with Crippen LogP contribution in [0.15, 0.2) is 18.3 Å². The second kappa shape index (κ2) is 11.1. The van der Waals surface area contributed by atoms with Crippen LogP contribution in [-0.2, 0) is 30.8 Å². The average molecular weight is 355 g/mol. The molecule has 1 aromatic heterocycles. The minimum absolute atomic E-state index is 0.0403. The van der Waals surface area contributed by atoms with Crippen LogP contribution in [-0.4, -0.2) is 66.9 Å². The molecular weight excluding hydrogens is 326 g/mol. The van der Waals surface area contributed by atoms with Crippen molar-refractivity contribution in [3.05, 3.63) is 29.6 Å². The molecule has 1 atom stereocenters. The summed E-state index contributed by atoms with van der Waals surface area (Å²) in [4.78, 5) is 15.1. The van der Waals surface area contributed by atoms with Gasteiger partial charge < -0.3 is 24.4 Å². The molecule has 0 amide bonds. The molecular formula is C18H29NO6. The third kappa shape index (κ3) is 8.40. The number of nitrogens with zero attached hydrogens (tertiary/aromatic N) is 1. The van der Waals surface area contributed by atoms with E-state index in [1.165, 1.54) is 0 Å². The Labute approximate surface area is 148 Å². The van der Waals surface area contributed by atoms with Crippen molar-refractivity contribution >= 4 is 5.97 Å². The van der Waals surface area contributed by atoms with Crippen LogP contribution in [0.3, 0.4) is 0 Å². The zero-order chi connectivity index (χ0) is 18.7. The Morgan fingerprint density at radius 2 is 1.80 bits per heavy atom. The molecule has 0 aliphatic carbocycles. The lowest BCUT2D eigenvalue weighted by molar-refractivity contribution is -0.146. The number of rotatable bonds is 13. The highest BCUT2D eigenvalue weighted by atomic mass is 16.5. The molecule has 7 nitrogen and oxygen atoms in total. The first-order chi connectivity index (χ1) is 11.9. The highest BCUT2D eigenvalue weighted by Gasteiger charge is 2.23. The van der Waals surface area contributed by atoms with Crippen LogP contribution in [0, 0.1) is 0 Å². The first-order valence-corrected chi connectivity index (χ1v) is 8.46. The van der Waals surface area contributed by atoms with Gasteiger partial charge in [-0.3, -0.25) is 4.98 Å². The summed E-state index contributed by atoms with van der Waals surface area (Å²) in [6.07, 6.45) is 0.227. The quantitative estimate of drug-likeness (QED) is 0.516. The highest BCUT2D eigenvalue weighted by molar-refractivity contribution is 5.72. The summed E-state index contributed by atoms with van der Waals surface area (Å²) in [6.45, 7) is 9.34. The summed E-state index contributed by atoms with van der Waals surface area (Å²) in [6, 6.07) is 3.62. The maximum atomic E-state index is 10.7. The largest absolute Gasteiger partial charge is 0.479 e. The fourth-order valence-electron chi connectivity index (χ4n) is 2.14. The van der Waals surface area contributed by atoms with Crippen LogP contribution >= 0.6 is 0 Å². The molecule has 2 N–H and O–H groups in total. The molecule has 1 rings (SSSR count). The second-order valence-corrected chi connectivity index (χ2v) is 6.36. The van der Waals surface area contributed by atoms with E-state index in [4.69, 9.17) is 19.3 Å². The monoisotopic (exact) mass is 355 g/mol. The molecule has 1 heterocycles. The maximum absolute atomic E-state index is 10.7. The molecule has 7 heteroatoms. The van der Waals surface area contributed by atoms with Gasteiger partial charge in [0.25, 0.3) is 0 Å². The molecule has 0 fully saturated rings. The van der Waals surface area contributed by atoms with Gasteiger partial charge in [-0.05, 0) is 18.6 Å². The van der Waals surface area contributed by atoms with Gasteiger partial charge in [-0.1, -0.05) is 19.9 Å². The van der Waals surface area contributed by atoms with Gasteiger partial charge >= 0.3 is 5.97 Å². The zero-order valence-electron chi connectivity index (χ0n) is 15.2. The van der Waals surface area contributed by atoms with Crippen LogP contribution in [0.1, 0.15) is 32.0 Å². The summed E-state index contributed by atoms with van der Waals surface area (Å²) in [5.74, 6) is -1.23. The summed E-state index contributed by atoms with van der Waals surface area (Å²) in [7, 11) is 0. The lowest BCUT2D eigenvalue weighted by Gasteiger charge is -2.24. The Bertz CT molecular complexity index is 503. The molecule has 1 unspecified atom stereocenters. The van der Waals surface area contributed by atoms with Crippen LogP contribution in [0.5, 0.6) is 0 Å². The Balaban J connectivity index is 2.36. The average Bonchev–Trinajstić information content (AvgIpc) is 2.57. The minimum Gasteiger partial charge on any atom is -0.479 e. The first kappa shape index (κ1) is 21.5. The maximum Gasteiger partial charge on any atom is 0.332 e. The SMILES string of the molecule is CCOCCOCCOCC(C)(C)c1ccc(CC(O)C(=O)O)cn1. The van der Waals surface area contributed by atoms with E-state index in [9.17, 15) is 9.90 Å². The normalized spacial score (nSPS) is 13.0. The topological polar surface area (TPSA) is 98.1 Å². The lowest BCUT2D eigenvalue weighted by Crippen LogP contribution is -2.27. The van der Waals surface area contributed by atoms with Crippen LogP contribution in [0.25, 0.3) is 0 Å². The number of carboxylic acid groups (broad SMARTS) is 1. The van der Waals surface area contributed by atoms with Crippen molar-refractivity contribution in [3.63, 3.8) is 0 Å². The fourth-order valence-corrected chi connectivity index (χ4v) is 2.14. The van der Waals surface area contributed by atoms with Crippen molar-refractivity contribution in [1.29, 1.82) is 0 Å². The van der Waals surface area contributed by atoms with E-state index in [1.807, 2.05) is 26.8 Å². The lowest BCUT2D eigenvalue weighted by atomic mass is 9.89. The molecule has 25 heavy (non-hydrogen) atoms. The highest BCUT2D eigenvalue weighted by Crippen LogP contribution is 2.22. The van der Waals surface area contributed by atoms with Crippen molar-refractivity contribution in [3.8, 4) is 0 Å². The minimum atomic E-state index is -1.41. The van der Waals surface area contributed by atoms with E-state index in [1.54, 1.807) is 12.3 Å². The molecule has 0 spiro atoms. The van der Waals surface area contributed by atoms with Gasteiger partial charge in [0, 0.05) is 30.3 Å². The van der Waals surface area contributed by atoms with Gasteiger partial charge in [0.2, 0.25) is 0 Å². The number of hydrogen-bond acceptors (Lipinski definition) is 6. The zero-order valence-corrected chi connectivity index (χ0v) is 15.2. The molecule has 0 bridgehead atoms. The molecule has 0 radical (unpaired) electrons. The van der Waals surface area contributed by atoms with Crippen LogP contribution in [0.2, 0.25) is 0 Å². The molecule has 0 aliphatic rings. The van der Waals surface area contributed by atoms with Gasteiger partial charge in [0.1, 0.15) is 0 Å². The molecule has 0 saturated heterocycles. The number of aromatic nitrogens is 1. The first-order valence-electron chi connectivity index (χ1n) is 8.46. The third-order valence-electron chi connectivity index (χ3n) is 3.64. The summed E-state index contributed by atoms with van der Waals surface area (Å²) in [5, 5.41) is 18.1. The Kier molecular flexibility index (Phi) is 9.59. The number of carboxylic acids is 1. The van der Waals surface area contributed by atoms with E-state index in [2.05, 4.69) is 4.98 Å². The number of ether oxygens (including phenoxy) is 3. The summed E-state index contributed by atoms with van der Waals surface area (Å²) >= 11 is 0. The van der Waals surface area contributed by atoms with Crippen LogP contribution in [0.4, 0.5) is 0 Å². The van der Waals surface area contributed by atoms with E-state index >= 15 is 0 Å².